The molecule has 150 valence electrons. The van der Waals surface area contributed by atoms with Gasteiger partial charge in [0.05, 0.1) is 22.8 Å². The molecule has 0 atom stereocenters. The van der Waals surface area contributed by atoms with Crippen molar-refractivity contribution in [1.82, 2.24) is 5.32 Å². The van der Waals surface area contributed by atoms with Crippen molar-refractivity contribution >= 4 is 45.9 Å². The Kier molecular flexibility index (Phi) is 7.65. The summed E-state index contributed by atoms with van der Waals surface area (Å²) in [6.07, 6.45) is 0. The van der Waals surface area contributed by atoms with Gasteiger partial charge in [-0.15, -0.1) is 23.1 Å². The predicted octanol–water partition coefficient (Wildman–Crippen LogP) is 3.94. The molecule has 2 N–H and O–H groups in total. The molecule has 0 aliphatic carbocycles. The van der Waals surface area contributed by atoms with E-state index in [1.54, 1.807) is 13.8 Å². The summed E-state index contributed by atoms with van der Waals surface area (Å²) in [7, 11) is 1.52. The van der Waals surface area contributed by atoms with Gasteiger partial charge in [-0.1, -0.05) is 17.7 Å². The Morgan fingerprint density at radius 1 is 1.18 bits per heavy atom. The summed E-state index contributed by atoms with van der Waals surface area (Å²) in [5, 5.41) is 5.65. The third kappa shape index (κ3) is 5.14. The number of anilines is 1. The Morgan fingerprint density at radius 3 is 2.50 bits per heavy atom. The smallest absolute Gasteiger partial charge is 0.341 e. The average molecular weight is 421 g/mol. The number of thioether (sulfide) groups is 1. The fourth-order valence-electron chi connectivity index (χ4n) is 2.65. The molecule has 2 rings (SSSR count). The minimum atomic E-state index is -0.552. The zero-order valence-corrected chi connectivity index (χ0v) is 18.2. The zero-order chi connectivity index (χ0) is 20.8. The van der Waals surface area contributed by atoms with E-state index in [4.69, 9.17) is 4.74 Å². The van der Waals surface area contributed by atoms with E-state index >= 15 is 0 Å². The largest absolute Gasteiger partial charge is 0.462 e. The lowest BCUT2D eigenvalue weighted by atomic mass is 10.1. The second kappa shape index (κ2) is 9.75. The Morgan fingerprint density at radius 2 is 1.89 bits per heavy atom. The molecule has 1 aromatic carbocycles. The minimum absolute atomic E-state index is 0.193. The Labute approximate surface area is 173 Å². The van der Waals surface area contributed by atoms with Crippen molar-refractivity contribution in [3.63, 3.8) is 0 Å². The molecule has 0 unspecified atom stereocenters. The number of ether oxygens (including phenoxy) is 1. The monoisotopic (exact) mass is 420 g/mol. The molecule has 8 heteroatoms. The molecule has 0 saturated heterocycles. The van der Waals surface area contributed by atoms with E-state index in [-0.39, 0.29) is 29.7 Å². The van der Waals surface area contributed by atoms with Crippen molar-refractivity contribution in [3.05, 3.63) is 45.3 Å². The topological polar surface area (TPSA) is 84.5 Å². The van der Waals surface area contributed by atoms with Crippen LogP contribution in [-0.4, -0.2) is 37.2 Å². The van der Waals surface area contributed by atoms with Crippen LogP contribution in [0.1, 0.15) is 43.6 Å². The van der Waals surface area contributed by atoms with Crippen molar-refractivity contribution in [2.75, 3.05) is 24.7 Å². The van der Waals surface area contributed by atoms with E-state index in [2.05, 4.69) is 16.7 Å². The van der Waals surface area contributed by atoms with Crippen LogP contribution in [0.25, 0.3) is 0 Å². The SMILES string of the molecule is CCOC(=O)c1c(NC(=O)CSc2ccc(C)cc2C)sc(C(=O)NC)c1C. The molecular formula is C20H24N2O4S2. The van der Waals surface area contributed by atoms with Gasteiger partial charge in [0.2, 0.25) is 5.91 Å². The molecule has 0 spiro atoms. The molecule has 0 radical (unpaired) electrons. The highest BCUT2D eigenvalue weighted by Crippen LogP contribution is 2.34. The van der Waals surface area contributed by atoms with E-state index < -0.39 is 5.97 Å². The molecule has 2 amide bonds. The summed E-state index contributed by atoms with van der Waals surface area (Å²) in [4.78, 5) is 38.3. The number of rotatable bonds is 7. The van der Waals surface area contributed by atoms with Gasteiger partial charge in [-0.05, 0) is 44.9 Å². The number of aryl methyl sites for hydroxylation is 2. The first-order valence-electron chi connectivity index (χ1n) is 8.80. The first kappa shape index (κ1) is 22.0. The zero-order valence-electron chi connectivity index (χ0n) is 16.6. The fourth-order valence-corrected chi connectivity index (χ4v) is 4.62. The van der Waals surface area contributed by atoms with E-state index in [0.717, 1.165) is 21.8 Å². The third-order valence-electron chi connectivity index (χ3n) is 4.00. The van der Waals surface area contributed by atoms with Gasteiger partial charge in [-0.2, -0.15) is 0 Å². The first-order chi connectivity index (χ1) is 13.3. The van der Waals surface area contributed by atoms with Crippen LogP contribution in [0.15, 0.2) is 23.1 Å². The lowest BCUT2D eigenvalue weighted by Gasteiger charge is -2.08. The first-order valence-corrected chi connectivity index (χ1v) is 10.6. The number of esters is 1. The van der Waals surface area contributed by atoms with Crippen molar-refractivity contribution < 1.29 is 19.1 Å². The summed E-state index contributed by atoms with van der Waals surface area (Å²) in [5.41, 5.74) is 3.01. The third-order valence-corrected chi connectivity index (χ3v) is 6.38. The van der Waals surface area contributed by atoms with Crippen LogP contribution in [0.2, 0.25) is 0 Å². The van der Waals surface area contributed by atoms with Crippen LogP contribution >= 0.6 is 23.1 Å². The standard InChI is InChI=1S/C20H24N2O4S2/c1-6-26-20(25)16-13(4)17(18(24)21-5)28-19(16)22-15(23)10-27-14-8-7-11(2)9-12(14)3/h7-9H,6,10H2,1-5H3,(H,21,24)(H,22,23). The second-order valence-corrected chi connectivity index (χ2v) is 8.20. The normalized spacial score (nSPS) is 10.5. The molecule has 1 aromatic heterocycles. The quantitative estimate of drug-likeness (QED) is 0.524. The maximum atomic E-state index is 12.5. The summed E-state index contributed by atoms with van der Waals surface area (Å²) < 4.78 is 5.09. The maximum absolute atomic E-state index is 12.5. The number of thiophene rings is 1. The van der Waals surface area contributed by atoms with Gasteiger partial charge in [0, 0.05) is 11.9 Å². The molecular weight excluding hydrogens is 396 g/mol. The van der Waals surface area contributed by atoms with Gasteiger partial charge in [0.25, 0.3) is 5.91 Å². The van der Waals surface area contributed by atoms with Gasteiger partial charge >= 0.3 is 5.97 Å². The second-order valence-electron chi connectivity index (χ2n) is 6.17. The number of hydrogen-bond acceptors (Lipinski definition) is 6. The van der Waals surface area contributed by atoms with Gasteiger partial charge < -0.3 is 15.4 Å². The molecule has 2 aromatic rings. The molecule has 28 heavy (non-hydrogen) atoms. The van der Waals surface area contributed by atoms with Crippen molar-refractivity contribution in [2.24, 2.45) is 0 Å². The van der Waals surface area contributed by atoms with Crippen molar-refractivity contribution in [3.8, 4) is 0 Å². The lowest BCUT2D eigenvalue weighted by molar-refractivity contribution is -0.113. The Hall–Kier alpha value is -2.32. The number of hydrogen-bond donors (Lipinski definition) is 2. The molecule has 6 nitrogen and oxygen atoms in total. The summed E-state index contributed by atoms with van der Waals surface area (Å²) in [6.45, 7) is 7.61. The van der Waals surface area contributed by atoms with E-state index in [0.29, 0.717) is 15.4 Å². The Bertz CT molecular complexity index is 906. The molecule has 1 heterocycles. The van der Waals surface area contributed by atoms with E-state index in [1.165, 1.54) is 24.4 Å². The van der Waals surface area contributed by atoms with E-state index in [1.807, 2.05) is 26.0 Å². The minimum Gasteiger partial charge on any atom is -0.462 e. The highest BCUT2D eigenvalue weighted by Gasteiger charge is 2.26. The predicted molar refractivity (Wildman–Crippen MR) is 114 cm³/mol. The van der Waals surface area contributed by atoms with Crippen LogP contribution < -0.4 is 10.6 Å². The summed E-state index contributed by atoms with van der Waals surface area (Å²) in [5.74, 6) is -0.916. The molecule has 0 fully saturated rings. The number of nitrogens with one attached hydrogen (secondary N) is 2. The number of carbonyl (C=O) groups is 3. The Balaban J connectivity index is 2.20. The lowest BCUT2D eigenvalue weighted by Crippen LogP contribution is -2.18. The van der Waals surface area contributed by atoms with Crippen LogP contribution in [0.5, 0.6) is 0 Å². The summed E-state index contributed by atoms with van der Waals surface area (Å²) >= 11 is 2.50. The van der Waals surface area contributed by atoms with Crippen molar-refractivity contribution in [2.45, 2.75) is 32.6 Å². The maximum Gasteiger partial charge on any atom is 0.341 e. The van der Waals surface area contributed by atoms with E-state index in [9.17, 15) is 14.4 Å². The number of carbonyl (C=O) groups excluding carboxylic acids is 3. The van der Waals surface area contributed by atoms with Crippen LogP contribution in [0, 0.1) is 20.8 Å². The van der Waals surface area contributed by atoms with Crippen molar-refractivity contribution in [1.29, 1.82) is 0 Å². The summed E-state index contributed by atoms with van der Waals surface area (Å²) in [6, 6.07) is 6.06. The number of amides is 2. The molecule has 0 aliphatic rings. The van der Waals surface area contributed by atoms with Crippen LogP contribution in [-0.2, 0) is 9.53 Å². The highest BCUT2D eigenvalue weighted by molar-refractivity contribution is 8.00. The van der Waals surface area contributed by atoms with Gasteiger partial charge in [-0.25, -0.2) is 4.79 Å². The van der Waals surface area contributed by atoms with Gasteiger partial charge in [0.15, 0.2) is 0 Å². The average Bonchev–Trinajstić information content (AvgIpc) is 2.96. The van der Waals surface area contributed by atoms with Crippen LogP contribution in [0.4, 0.5) is 5.00 Å². The number of benzene rings is 1. The molecule has 0 aliphatic heterocycles. The highest BCUT2D eigenvalue weighted by atomic mass is 32.2. The molecule has 0 bridgehead atoms. The van der Waals surface area contributed by atoms with Gasteiger partial charge in [0.1, 0.15) is 5.00 Å². The molecule has 0 saturated carbocycles. The van der Waals surface area contributed by atoms with Gasteiger partial charge in [-0.3, -0.25) is 9.59 Å². The van der Waals surface area contributed by atoms with Crippen LogP contribution in [0.3, 0.4) is 0 Å². The fraction of sp³-hybridized carbons (Fsp3) is 0.350.